The van der Waals surface area contributed by atoms with Crippen molar-refractivity contribution in [2.24, 2.45) is 0 Å². The zero-order valence-electron chi connectivity index (χ0n) is 23.4. The largest absolute Gasteiger partial charge is 0.454 e. The number of hydrogen-bond donors (Lipinski definition) is 1. The maximum absolute atomic E-state index is 14.2. The standard InChI is InChI=1S/C30H33Cl2N3O6S/c1-3-4-14-33-30(37)26(15-21-8-6-5-7-9-21)34(18-22-10-11-23(31)16-25(22)32)29(36)19-35(42(2,38)39)24-12-13-27-28(17-24)41-20-40-27/h5-13,16-17,26H,3-4,14-15,18-20H2,1-2H3,(H,33,37)/t26-/m1/s1. The molecule has 1 N–H and O–H groups in total. The van der Waals surface area contributed by atoms with Crippen molar-refractivity contribution in [2.75, 3.05) is 30.4 Å². The van der Waals surface area contributed by atoms with E-state index in [0.717, 1.165) is 29.0 Å². The summed E-state index contributed by atoms with van der Waals surface area (Å²) in [6.45, 7) is 1.86. The van der Waals surface area contributed by atoms with Crippen LogP contribution in [0.25, 0.3) is 0 Å². The fourth-order valence-corrected chi connectivity index (χ4v) is 5.86. The molecule has 0 fully saturated rings. The van der Waals surface area contributed by atoms with Gasteiger partial charge in [-0.2, -0.15) is 0 Å². The second-order valence-electron chi connectivity index (χ2n) is 9.91. The zero-order valence-corrected chi connectivity index (χ0v) is 25.7. The Morgan fingerprint density at radius 2 is 1.74 bits per heavy atom. The number of amides is 2. The van der Waals surface area contributed by atoms with Gasteiger partial charge < -0.3 is 19.7 Å². The first-order chi connectivity index (χ1) is 20.1. The van der Waals surface area contributed by atoms with Crippen LogP contribution in [0.15, 0.2) is 66.7 Å². The molecule has 0 saturated heterocycles. The third-order valence-corrected chi connectivity index (χ3v) is 8.51. The van der Waals surface area contributed by atoms with Gasteiger partial charge in [0.1, 0.15) is 12.6 Å². The van der Waals surface area contributed by atoms with Crippen LogP contribution in [-0.2, 0) is 32.6 Å². The van der Waals surface area contributed by atoms with Crippen molar-refractivity contribution in [3.63, 3.8) is 0 Å². The summed E-state index contributed by atoms with van der Waals surface area (Å²) < 4.78 is 37.7. The van der Waals surface area contributed by atoms with Crippen LogP contribution >= 0.6 is 23.2 Å². The normalized spacial score (nSPS) is 13.0. The number of ether oxygens (including phenoxy) is 2. The molecule has 9 nitrogen and oxygen atoms in total. The van der Waals surface area contributed by atoms with Crippen molar-refractivity contribution in [1.82, 2.24) is 10.2 Å². The SMILES string of the molecule is CCCCNC(=O)[C@@H](Cc1ccccc1)N(Cc1ccc(Cl)cc1Cl)C(=O)CN(c1ccc2c(c1)OCO2)S(C)(=O)=O. The molecule has 4 rings (SSSR count). The molecule has 3 aromatic rings. The van der Waals surface area contributed by atoms with Gasteiger partial charge in [-0.05, 0) is 41.8 Å². The van der Waals surface area contributed by atoms with Crippen molar-refractivity contribution in [3.8, 4) is 11.5 Å². The molecule has 1 aliphatic rings. The molecule has 0 radical (unpaired) electrons. The number of sulfonamides is 1. The van der Waals surface area contributed by atoms with Gasteiger partial charge >= 0.3 is 0 Å². The van der Waals surface area contributed by atoms with Crippen molar-refractivity contribution in [2.45, 2.75) is 38.8 Å². The fraction of sp³-hybridized carbons (Fsp3) is 0.333. The second-order valence-corrected chi connectivity index (χ2v) is 12.7. The molecule has 0 unspecified atom stereocenters. The summed E-state index contributed by atoms with van der Waals surface area (Å²) >= 11 is 12.6. The van der Waals surface area contributed by atoms with Gasteiger partial charge in [-0.15, -0.1) is 0 Å². The lowest BCUT2D eigenvalue weighted by atomic mass is 10.0. The van der Waals surface area contributed by atoms with Crippen molar-refractivity contribution >= 4 is 50.7 Å². The number of fused-ring (bicyclic) bond motifs is 1. The van der Waals surface area contributed by atoms with Crippen LogP contribution in [0.3, 0.4) is 0 Å². The Hall–Kier alpha value is -3.47. The predicted molar refractivity (Wildman–Crippen MR) is 164 cm³/mol. The zero-order chi connectivity index (χ0) is 30.3. The topological polar surface area (TPSA) is 105 Å². The van der Waals surface area contributed by atoms with E-state index in [2.05, 4.69) is 5.32 Å². The molecule has 2 amide bonds. The summed E-state index contributed by atoms with van der Waals surface area (Å²) in [7, 11) is -3.93. The van der Waals surface area contributed by atoms with E-state index in [-0.39, 0.29) is 31.4 Å². The number of benzene rings is 3. The smallest absolute Gasteiger partial charge is 0.244 e. The molecule has 1 heterocycles. The summed E-state index contributed by atoms with van der Waals surface area (Å²) in [6, 6.07) is 17.9. The van der Waals surface area contributed by atoms with Crippen molar-refractivity contribution < 1.29 is 27.5 Å². The molecule has 0 aliphatic carbocycles. The highest BCUT2D eigenvalue weighted by atomic mass is 35.5. The quantitative estimate of drug-likeness (QED) is 0.264. The molecule has 0 aromatic heterocycles. The van der Waals surface area contributed by atoms with Crippen LogP contribution in [0.5, 0.6) is 11.5 Å². The lowest BCUT2D eigenvalue weighted by Crippen LogP contribution is -2.53. The van der Waals surface area contributed by atoms with Crippen LogP contribution in [0.2, 0.25) is 10.0 Å². The van der Waals surface area contributed by atoms with E-state index in [4.69, 9.17) is 32.7 Å². The number of carbonyl (C=O) groups excluding carboxylic acids is 2. The molecular formula is C30H33Cl2N3O6S. The third-order valence-electron chi connectivity index (χ3n) is 6.78. The van der Waals surface area contributed by atoms with Crippen molar-refractivity contribution in [1.29, 1.82) is 0 Å². The minimum absolute atomic E-state index is 0.0144. The molecule has 1 atom stereocenters. The predicted octanol–water partition coefficient (Wildman–Crippen LogP) is 5.04. The van der Waals surface area contributed by atoms with E-state index in [1.807, 2.05) is 37.3 Å². The maximum Gasteiger partial charge on any atom is 0.244 e. The van der Waals surface area contributed by atoms with Crippen LogP contribution < -0.4 is 19.1 Å². The Labute approximate surface area is 256 Å². The van der Waals surface area contributed by atoms with Crippen LogP contribution in [0.4, 0.5) is 5.69 Å². The van der Waals surface area contributed by atoms with E-state index in [1.165, 1.54) is 11.0 Å². The minimum Gasteiger partial charge on any atom is -0.454 e. The van der Waals surface area contributed by atoms with Gasteiger partial charge in [-0.3, -0.25) is 13.9 Å². The van der Waals surface area contributed by atoms with Gasteiger partial charge in [-0.25, -0.2) is 8.42 Å². The molecule has 0 bridgehead atoms. The Kier molecular flexibility index (Phi) is 10.6. The molecule has 1 aliphatic heterocycles. The first-order valence-corrected chi connectivity index (χ1v) is 16.1. The summed E-state index contributed by atoms with van der Waals surface area (Å²) in [4.78, 5) is 29.2. The maximum atomic E-state index is 14.2. The Morgan fingerprint density at radius 3 is 2.43 bits per heavy atom. The lowest BCUT2D eigenvalue weighted by Gasteiger charge is -2.33. The summed E-state index contributed by atoms with van der Waals surface area (Å²) in [5.74, 6) is -0.0877. The number of hydrogen-bond acceptors (Lipinski definition) is 6. The number of carbonyl (C=O) groups is 2. The number of nitrogens with one attached hydrogen (secondary N) is 1. The lowest BCUT2D eigenvalue weighted by molar-refractivity contribution is -0.140. The number of unbranched alkanes of at least 4 members (excludes halogenated alkanes) is 1. The third kappa shape index (κ3) is 8.08. The van der Waals surface area contributed by atoms with Gasteiger partial charge in [0.15, 0.2) is 11.5 Å². The first kappa shape index (κ1) is 31.5. The minimum atomic E-state index is -3.93. The number of anilines is 1. The van der Waals surface area contributed by atoms with E-state index >= 15 is 0 Å². The van der Waals surface area contributed by atoms with E-state index < -0.39 is 28.5 Å². The van der Waals surface area contributed by atoms with Crippen molar-refractivity contribution in [3.05, 3.63) is 87.9 Å². The molecule has 0 spiro atoms. The van der Waals surface area contributed by atoms with Gasteiger partial charge in [0.25, 0.3) is 0 Å². The highest BCUT2D eigenvalue weighted by Crippen LogP contribution is 2.36. The molecular weight excluding hydrogens is 601 g/mol. The Morgan fingerprint density at radius 1 is 1.00 bits per heavy atom. The highest BCUT2D eigenvalue weighted by molar-refractivity contribution is 7.92. The number of halogens is 2. The summed E-state index contributed by atoms with van der Waals surface area (Å²) in [6.07, 6.45) is 2.88. The second kappa shape index (κ2) is 14.1. The van der Waals surface area contributed by atoms with Gasteiger partial charge in [-0.1, -0.05) is 72.9 Å². The van der Waals surface area contributed by atoms with Crippen LogP contribution in [-0.4, -0.2) is 57.3 Å². The van der Waals surface area contributed by atoms with E-state index in [9.17, 15) is 18.0 Å². The number of nitrogens with zero attached hydrogens (tertiary/aromatic N) is 2. The Bertz CT molecular complexity index is 1520. The first-order valence-electron chi connectivity index (χ1n) is 13.5. The Balaban J connectivity index is 1.73. The van der Waals surface area contributed by atoms with E-state index in [1.54, 1.807) is 30.3 Å². The van der Waals surface area contributed by atoms with Crippen LogP contribution in [0.1, 0.15) is 30.9 Å². The van der Waals surface area contributed by atoms with Gasteiger partial charge in [0.05, 0.1) is 11.9 Å². The molecule has 3 aromatic carbocycles. The summed E-state index contributed by atoms with van der Waals surface area (Å²) in [5, 5.41) is 3.69. The highest BCUT2D eigenvalue weighted by Gasteiger charge is 2.33. The van der Waals surface area contributed by atoms with E-state index in [0.29, 0.717) is 33.7 Å². The summed E-state index contributed by atoms with van der Waals surface area (Å²) in [5.41, 5.74) is 1.62. The molecule has 224 valence electrons. The average molecular weight is 635 g/mol. The van der Waals surface area contributed by atoms with Crippen LogP contribution in [0, 0.1) is 0 Å². The average Bonchev–Trinajstić information content (AvgIpc) is 3.42. The fourth-order valence-electron chi connectivity index (χ4n) is 4.55. The number of rotatable bonds is 13. The molecule has 0 saturated carbocycles. The molecule has 42 heavy (non-hydrogen) atoms. The molecule has 12 heteroatoms. The van der Waals surface area contributed by atoms with Gasteiger partial charge in [0, 0.05) is 35.6 Å². The van der Waals surface area contributed by atoms with Gasteiger partial charge in [0.2, 0.25) is 28.6 Å². The monoisotopic (exact) mass is 633 g/mol.